The van der Waals surface area contributed by atoms with E-state index in [1.807, 2.05) is 0 Å². The van der Waals surface area contributed by atoms with Gasteiger partial charge in [0.1, 0.15) is 6.10 Å². The van der Waals surface area contributed by atoms with Gasteiger partial charge in [-0.2, -0.15) is 0 Å². The number of aliphatic hydroxyl groups is 3. The number of aliphatic hydroxyl groups excluding tert-OH is 3. The molecule has 0 heterocycles. The first-order valence-corrected chi connectivity index (χ1v) is 7.73. The van der Waals surface area contributed by atoms with Crippen molar-refractivity contribution in [3.8, 4) is 0 Å². The second-order valence-electron chi connectivity index (χ2n) is 4.85. The number of rotatable bonds is 11. The molecule has 0 saturated heterocycles. The van der Waals surface area contributed by atoms with E-state index >= 15 is 0 Å². The molecule has 0 unspecified atom stereocenters. The van der Waals surface area contributed by atoms with Crippen LogP contribution in [0.5, 0.6) is 0 Å². The van der Waals surface area contributed by atoms with Gasteiger partial charge in [0.15, 0.2) is 0 Å². The lowest BCUT2D eigenvalue weighted by Gasteiger charge is -1.99. The van der Waals surface area contributed by atoms with Crippen LogP contribution in [0.15, 0.2) is 12.2 Å². The zero-order chi connectivity index (χ0) is 14.8. The average molecular weight is 274 g/mol. The fraction of sp³-hybridized carbons (Fsp3) is 0.875. The molecular weight excluding hydrogens is 240 g/mol. The summed E-state index contributed by atoms with van der Waals surface area (Å²) < 4.78 is 0. The van der Waals surface area contributed by atoms with Crippen LogP contribution in [0.4, 0.5) is 0 Å². The Morgan fingerprint density at radius 3 is 1.68 bits per heavy atom. The lowest BCUT2D eigenvalue weighted by molar-refractivity contribution is 0.0450. The van der Waals surface area contributed by atoms with Gasteiger partial charge in [0.2, 0.25) is 0 Å². The highest BCUT2D eigenvalue weighted by Crippen LogP contribution is 2.09. The largest absolute Gasteiger partial charge is 0.394 e. The van der Waals surface area contributed by atoms with Crippen LogP contribution in [0.3, 0.4) is 0 Å². The van der Waals surface area contributed by atoms with Gasteiger partial charge in [0.25, 0.3) is 0 Å². The van der Waals surface area contributed by atoms with E-state index in [-0.39, 0.29) is 13.2 Å². The summed E-state index contributed by atoms with van der Waals surface area (Å²) in [6.45, 7) is 3.65. The van der Waals surface area contributed by atoms with Crippen molar-refractivity contribution < 1.29 is 15.3 Å². The molecule has 0 radical (unpaired) electrons. The van der Waals surface area contributed by atoms with Gasteiger partial charge < -0.3 is 15.3 Å². The lowest BCUT2D eigenvalue weighted by atomic mass is 10.1. The molecule has 0 aliphatic heterocycles. The Kier molecular flexibility index (Phi) is 22.0. The second kappa shape index (κ2) is 19.9. The Labute approximate surface area is 119 Å². The van der Waals surface area contributed by atoms with Gasteiger partial charge in [-0.05, 0) is 19.8 Å². The van der Waals surface area contributed by atoms with Gasteiger partial charge in [-0.25, -0.2) is 0 Å². The summed E-state index contributed by atoms with van der Waals surface area (Å²) in [6.07, 6.45) is 16.2. The minimum Gasteiger partial charge on any atom is -0.394 e. The molecule has 0 aliphatic carbocycles. The highest BCUT2D eigenvalue weighted by atomic mass is 16.3. The second-order valence-corrected chi connectivity index (χ2v) is 4.85. The van der Waals surface area contributed by atoms with Crippen molar-refractivity contribution in [1.29, 1.82) is 0 Å². The van der Waals surface area contributed by atoms with Crippen molar-refractivity contribution in [3.63, 3.8) is 0 Å². The van der Waals surface area contributed by atoms with Crippen molar-refractivity contribution in [2.45, 2.75) is 77.7 Å². The lowest BCUT2D eigenvalue weighted by Crippen LogP contribution is -2.15. The molecule has 19 heavy (non-hydrogen) atoms. The van der Waals surface area contributed by atoms with E-state index in [9.17, 15) is 0 Å². The normalized spacial score (nSPS) is 10.8. The zero-order valence-corrected chi connectivity index (χ0v) is 12.9. The summed E-state index contributed by atoms with van der Waals surface area (Å²) in [5.41, 5.74) is 0. The third-order valence-electron chi connectivity index (χ3n) is 2.88. The van der Waals surface area contributed by atoms with Crippen LogP contribution in [0.1, 0.15) is 71.6 Å². The molecule has 116 valence electrons. The Bertz CT molecular complexity index is 165. The number of unbranched alkanes of at least 4 members (excludes halogenated alkanes) is 8. The minimum atomic E-state index is -0.954. The highest BCUT2D eigenvalue weighted by Gasteiger charge is 1.93. The van der Waals surface area contributed by atoms with Crippen LogP contribution < -0.4 is 0 Å². The molecule has 0 rings (SSSR count). The monoisotopic (exact) mass is 274 g/mol. The maximum Gasteiger partial charge on any atom is 0.100 e. The molecule has 0 aromatic rings. The number of hydrogen-bond donors (Lipinski definition) is 3. The maximum absolute atomic E-state index is 8.17. The van der Waals surface area contributed by atoms with Gasteiger partial charge in [0, 0.05) is 0 Å². The molecule has 0 amide bonds. The SMILES string of the molecule is CC=CCCCCCCCCCC.OCC(O)CO. The Morgan fingerprint density at radius 1 is 0.842 bits per heavy atom. The number of hydrogen-bond acceptors (Lipinski definition) is 3. The molecule has 0 atom stereocenters. The van der Waals surface area contributed by atoms with Crippen molar-refractivity contribution >= 4 is 0 Å². The molecule has 0 aliphatic rings. The van der Waals surface area contributed by atoms with Crippen LogP contribution >= 0.6 is 0 Å². The van der Waals surface area contributed by atoms with Crippen LogP contribution in [-0.4, -0.2) is 34.6 Å². The summed E-state index contributed by atoms with van der Waals surface area (Å²) in [4.78, 5) is 0. The summed E-state index contributed by atoms with van der Waals surface area (Å²) in [6, 6.07) is 0. The smallest absolute Gasteiger partial charge is 0.100 e. The Hall–Kier alpha value is -0.380. The summed E-state index contributed by atoms with van der Waals surface area (Å²) >= 11 is 0. The average Bonchev–Trinajstić information content (AvgIpc) is 2.45. The molecule has 3 N–H and O–H groups in total. The van der Waals surface area contributed by atoms with Gasteiger partial charge in [-0.15, -0.1) is 0 Å². The van der Waals surface area contributed by atoms with Crippen molar-refractivity contribution in [1.82, 2.24) is 0 Å². The van der Waals surface area contributed by atoms with Crippen LogP contribution in [0.2, 0.25) is 0 Å². The molecule has 0 aromatic heterocycles. The van der Waals surface area contributed by atoms with Crippen LogP contribution in [0.25, 0.3) is 0 Å². The standard InChI is InChI=1S/C13H26.C3H8O3/c1-3-5-7-9-11-13-12-10-8-6-4-2;4-1-3(6)2-5/h3,5H,4,6-13H2,1-2H3;3-6H,1-2H2. The molecule has 0 aromatic carbocycles. The molecule has 0 saturated carbocycles. The van der Waals surface area contributed by atoms with E-state index in [1.54, 1.807) is 0 Å². The van der Waals surface area contributed by atoms with Gasteiger partial charge in [-0.1, -0.05) is 64.0 Å². The molecule has 0 bridgehead atoms. The molecule has 0 spiro atoms. The first-order valence-electron chi connectivity index (χ1n) is 7.73. The topological polar surface area (TPSA) is 60.7 Å². The maximum atomic E-state index is 8.17. The predicted molar refractivity (Wildman–Crippen MR) is 82.2 cm³/mol. The summed E-state index contributed by atoms with van der Waals surface area (Å²) in [5, 5.41) is 24.0. The van der Waals surface area contributed by atoms with Crippen LogP contribution in [-0.2, 0) is 0 Å². The first kappa shape index (κ1) is 20.9. The van der Waals surface area contributed by atoms with Gasteiger partial charge in [0.05, 0.1) is 13.2 Å². The highest BCUT2D eigenvalue weighted by molar-refractivity contribution is 4.76. The van der Waals surface area contributed by atoms with E-state index in [1.165, 1.54) is 57.8 Å². The predicted octanol–water partition coefficient (Wildman–Crippen LogP) is 3.43. The summed E-state index contributed by atoms with van der Waals surface area (Å²) in [7, 11) is 0. The Balaban J connectivity index is 0. The van der Waals surface area contributed by atoms with Crippen molar-refractivity contribution in [2.24, 2.45) is 0 Å². The zero-order valence-electron chi connectivity index (χ0n) is 12.9. The van der Waals surface area contributed by atoms with Crippen molar-refractivity contribution in [3.05, 3.63) is 12.2 Å². The molecular formula is C16H34O3. The van der Waals surface area contributed by atoms with E-state index in [4.69, 9.17) is 15.3 Å². The quantitative estimate of drug-likeness (QED) is 0.399. The van der Waals surface area contributed by atoms with E-state index in [2.05, 4.69) is 26.0 Å². The number of allylic oxidation sites excluding steroid dienone is 2. The van der Waals surface area contributed by atoms with Gasteiger partial charge in [-0.3, -0.25) is 0 Å². The third-order valence-corrected chi connectivity index (χ3v) is 2.88. The van der Waals surface area contributed by atoms with E-state index < -0.39 is 6.10 Å². The minimum absolute atomic E-state index is 0.365. The molecule has 3 nitrogen and oxygen atoms in total. The summed E-state index contributed by atoms with van der Waals surface area (Å²) in [5.74, 6) is 0. The molecule has 0 fully saturated rings. The Morgan fingerprint density at radius 2 is 1.32 bits per heavy atom. The third kappa shape index (κ3) is 23.2. The van der Waals surface area contributed by atoms with E-state index in [0.717, 1.165) is 0 Å². The van der Waals surface area contributed by atoms with Crippen molar-refractivity contribution in [2.75, 3.05) is 13.2 Å². The fourth-order valence-corrected chi connectivity index (χ4v) is 1.62. The fourth-order valence-electron chi connectivity index (χ4n) is 1.62. The van der Waals surface area contributed by atoms with Crippen LogP contribution in [0, 0.1) is 0 Å². The van der Waals surface area contributed by atoms with E-state index in [0.29, 0.717) is 0 Å². The first-order chi connectivity index (χ1) is 9.22. The molecule has 3 heteroatoms. The van der Waals surface area contributed by atoms with Gasteiger partial charge >= 0.3 is 0 Å².